The van der Waals surface area contributed by atoms with Gasteiger partial charge in [0.1, 0.15) is 12.1 Å². The minimum atomic E-state index is -0.238. The summed E-state index contributed by atoms with van der Waals surface area (Å²) < 4.78 is 9.79. The number of carbonyl (C=O) groups is 1. The van der Waals surface area contributed by atoms with Crippen LogP contribution in [0.2, 0.25) is 0 Å². The Morgan fingerprint density at radius 2 is 1.98 bits per heavy atom. The van der Waals surface area contributed by atoms with Gasteiger partial charge in [0.2, 0.25) is 5.65 Å². The summed E-state index contributed by atoms with van der Waals surface area (Å²) in [6, 6.07) is 12.3. The van der Waals surface area contributed by atoms with Gasteiger partial charge in [-0.3, -0.25) is 4.40 Å². The average molecular weight is 567 g/mol. The molecule has 0 bridgehead atoms. The lowest BCUT2D eigenvalue weighted by Gasteiger charge is -2.39. The van der Waals surface area contributed by atoms with E-state index in [2.05, 4.69) is 44.5 Å². The van der Waals surface area contributed by atoms with E-state index in [0.29, 0.717) is 31.9 Å². The Morgan fingerprint density at radius 1 is 1.14 bits per heavy atom. The third-order valence-electron chi connectivity index (χ3n) is 8.48. The largest absolute Gasteiger partial charge is 0.491 e. The molecule has 42 heavy (non-hydrogen) atoms. The zero-order valence-electron chi connectivity index (χ0n) is 23.8. The highest BCUT2D eigenvalue weighted by Gasteiger charge is 2.44. The average Bonchev–Trinajstić information content (AvgIpc) is 3.73. The molecule has 216 valence electrons. The summed E-state index contributed by atoms with van der Waals surface area (Å²) in [6.45, 7) is 7.56. The maximum Gasteiger partial charge on any atom is 0.317 e. The quantitative estimate of drug-likeness (QED) is 0.304. The number of hydrogen-bond acceptors (Lipinski definition) is 8. The lowest BCUT2D eigenvalue weighted by Crippen LogP contribution is -2.52. The maximum absolute atomic E-state index is 13.0. The summed E-state index contributed by atoms with van der Waals surface area (Å²) in [7, 11) is 0. The summed E-state index contributed by atoms with van der Waals surface area (Å²) in [5.41, 5.74) is 3.57. The number of ether oxygens (including phenoxy) is 1. The van der Waals surface area contributed by atoms with E-state index in [0.717, 1.165) is 54.4 Å². The van der Waals surface area contributed by atoms with E-state index in [1.54, 1.807) is 17.0 Å². The van der Waals surface area contributed by atoms with Gasteiger partial charge in [0.15, 0.2) is 17.3 Å². The minimum absolute atomic E-state index is 0.0238. The van der Waals surface area contributed by atoms with Crippen LogP contribution < -0.4 is 15.0 Å². The first-order valence-electron chi connectivity index (χ1n) is 14.5. The van der Waals surface area contributed by atoms with Crippen LogP contribution >= 0.6 is 0 Å². The number of carbonyl (C=O) groups excluding carboxylic acids is 1. The smallest absolute Gasteiger partial charge is 0.317 e. The molecule has 1 unspecified atom stereocenters. The lowest BCUT2D eigenvalue weighted by atomic mass is 9.88. The van der Waals surface area contributed by atoms with E-state index in [-0.39, 0.29) is 17.5 Å². The van der Waals surface area contributed by atoms with E-state index in [1.807, 2.05) is 52.9 Å². The van der Waals surface area contributed by atoms with Crippen LogP contribution in [-0.2, 0) is 6.42 Å². The number of aryl methyl sites for hydroxylation is 1. The summed E-state index contributed by atoms with van der Waals surface area (Å²) in [4.78, 5) is 26.4. The van der Waals surface area contributed by atoms with Crippen LogP contribution in [0.5, 0.6) is 5.75 Å². The number of rotatable bonds is 8. The van der Waals surface area contributed by atoms with Crippen LogP contribution in [0.1, 0.15) is 42.6 Å². The second-order valence-corrected chi connectivity index (χ2v) is 11.5. The summed E-state index contributed by atoms with van der Waals surface area (Å²) >= 11 is 0. The molecule has 2 amide bonds. The number of benzene rings is 1. The van der Waals surface area contributed by atoms with Crippen LogP contribution in [0.15, 0.2) is 61.3 Å². The summed E-state index contributed by atoms with van der Waals surface area (Å²) in [5, 5.41) is 16.2. The maximum atomic E-state index is 13.0. The van der Waals surface area contributed by atoms with Crippen LogP contribution in [0, 0.1) is 6.92 Å². The van der Waals surface area contributed by atoms with Gasteiger partial charge in [-0.15, -0.1) is 10.2 Å². The van der Waals surface area contributed by atoms with E-state index < -0.39 is 0 Å². The van der Waals surface area contributed by atoms with E-state index in [4.69, 9.17) is 14.8 Å². The van der Waals surface area contributed by atoms with Gasteiger partial charge >= 0.3 is 6.03 Å². The summed E-state index contributed by atoms with van der Waals surface area (Å²) in [6.07, 6.45) is 9.44. The molecular weight excluding hydrogens is 532 g/mol. The lowest BCUT2D eigenvalue weighted by molar-refractivity contribution is 0.217. The molecule has 1 N–H and O–H groups in total. The van der Waals surface area contributed by atoms with Gasteiger partial charge in [-0.1, -0.05) is 37.3 Å². The predicted octanol–water partition coefficient (Wildman–Crippen LogP) is 3.26. The molecule has 0 saturated carbocycles. The van der Waals surface area contributed by atoms with Crippen molar-refractivity contribution in [1.82, 2.24) is 44.4 Å². The van der Waals surface area contributed by atoms with Gasteiger partial charge in [-0.2, -0.15) is 5.10 Å². The first kappa shape index (κ1) is 26.2. The third-order valence-corrected chi connectivity index (χ3v) is 8.48. The molecule has 2 aliphatic rings. The molecule has 1 aromatic carbocycles. The van der Waals surface area contributed by atoms with Gasteiger partial charge in [0.05, 0.1) is 18.3 Å². The fourth-order valence-electron chi connectivity index (χ4n) is 6.04. The van der Waals surface area contributed by atoms with Gasteiger partial charge in [-0.05, 0) is 37.0 Å². The van der Waals surface area contributed by atoms with Crippen molar-refractivity contribution in [3.63, 3.8) is 0 Å². The number of piperidine rings is 1. The molecule has 2 aliphatic heterocycles. The topological polar surface area (TPSA) is 118 Å². The number of nitrogens with one attached hydrogen (secondary N) is 1. The number of urea groups is 1. The zero-order chi connectivity index (χ0) is 28.7. The highest BCUT2D eigenvalue weighted by molar-refractivity contribution is 5.78. The van der Waals surface area contributed by atoms with Crippen LogP contribution in [0.3, 0.4) is 0 Å². The second kappa shape index (κ2) is 10.6. The molecule has 1 spiro atoms. The molecule has 4 aromatic heterocycles. The van der Waals surface area contributed by atoms with Gasteiger partial charge in [0, 0.05) is 50.9 Å². The molecule has 12 heteroatoms. The molecule has 2 fully saturated rings. The van der Waals surface area contributed by atoms with E-state index in [1.165, 1.54) is 5.56 Å². The highest BCUT2D eigenvalue weighted by Crippen LogP contribution is 2.31. The fourth-order valence-corrected chi connectivity index (χ4v) is 6.04. The van der Waals surface area contributed by atoms with Crippen molar-refractivity contribution in [3.05, 3.63) is 78.3 Å². The second-order valence-electron chi connectivity index (χ2n) is 11.5. The van der Waals surface area contributed by atoms with Gasteiger partial charge in [-0.25, -0.2) is 19.3 Å². The number of fused-ring (bicyclic) bond motifs is 2. The molecular formula is C30H34N10O2. The van der Waals surface area contributed by atoms with Crippen molar-refractivity contribution < 1.29 is 9.53 Å². The number of hydrogen-bond donors (Lipinski definition) is 1. The van der Waals surface area contributed by atoms with Crippen molar-refractivity contribution in [2.24, 2.45) is 0 Å². The Labute approximate surface area is 243 Å². The van der Waals surface area contributed by atoms with Crippen LogP contribution in [0.4, 0.5) is 10.6 Å². The molecule has 12 nitrogen and oxygen atoms in total. The first-order chi connectivity index (χ1) is 20.5. The van der Waals surface area contributed by atoms with Crippen molar-refractivity contribution in [2.75, 3.05) is 37.7 Å². The highest BCUT2D eigenvalue weighted by atomic mass is 16.5. The van der Waals surface area contributed by atoms with Gasteiger partial charge in [0.25, 0.3) is 0 Å². The number of amides is 2. The number of pyridine rings is 1. The Bertz CT molecular complexity index is 1720. The Morgan fingerprint density at radius 3 is 2.81 bits per heavy atom. The molecule has 0 aliphatic carbocycles. The number of nitrogens with zero attached hydrogens (tertiary/aromatic N) is 9. The molecule has 5 aromatic rings. The monoisotopic (exact) mass is 566 g/mol. The number of aromatic nitrogens is 7. The normalized spacial score (nSPS) is 17.3. The Kier molecular flexibility index (Phi) is 6.60. The summed E-state index contributed by atoms with van der Waals surface area (Å²) in [5.74, 6) is 2.58. The SMILES string of the molecule is Cc1cc(OCC(C)c2ccccc2)cn2nc(CCN3CC4(CCN(c5nccn6cnnc56)CC4)NC3=O)nc12. The molecule has 7 rings (SSSR count). The van der Waals surface area contributed by atoms with Crippen LogP contribution in [-0.4, -0.2) is 83.4 Å². The Balaban J connectivity index is 0.963. The molecule has 1 atom stereocenters. The predicted molar refractivity (Wildman–Crippen MR) is 157 cm³/mol. The number of anilines is 1. The van der Waals surface area contributed by atoms with E-state index >= 15 is 0 Å². The van der Waals surface area contributed by atoms with Crippen molar-refractivity contribution >= 4 is 23.1 Å². The van der Waals surface area contributed by atoms with Gasteiger partial charge < -0.3 is 19.9 Å². The van der Waals surface area contributed by atoms with Crippen LogP contribution in [0.25, 0.3) is 11.3 Å². The zero-order valence-corrected chi connectivity index (χ0v) is 23.8. The van der Waals surface area contributed by atoms with Crippen molar-refractivity contribution in [3.8, 4) is 5.75 Å². The third kappa shape index (κ3) is 4.97. The standard InChI is InChI=1S/C30H34N10O2/c1-21-16-24(42-18-22(2)23-6-4-3-5-7-23)17-40-26(21)33-25(36-40)8-12-38-19-30(34-29(38)41)9-13-37(14-10-30)27-28-35-32-20-39(28)15-11-31-27/h3-7,11,15-17,20,22H,8-10,12-14,18-19H2,1-2H3,(H,34,41). The Hall–Kier alpha value is -4.74. The first-order valence-corrected chi connectivity index (χ1v) is 14.5. The molecule has 0 radical (unpaired) electrons. The minimum Gasteiger partial charge on any atom is -0.491 e. The van der Waals surface area contributed by atoms with E-state index in [9.17, 15) is 4.79 Å². The van der Waals surface area contributed by atoms with Crippen molar-refractivity contribution in [1.29, 1.82) is 0 Å². The molecule has 6 heterocycles. The molecule has 2 saturated heterocycles. The fraction of sp³-hybridized carbons (Fsp3) is 0.400. The van der Waals surface area contributed by atoms with Crippen molar-refractivity contribution in [2.45, 2.75) is 44.6 Å².